The molecule has 1 aromatic heterocycles. The minimum atomic E-state index is -1.22. The van der Waals surface area contributed by atoms with E-state index in [0.717, 1.165) is 11.3 Å². The summed E-state index contributed by atoms with van der Waals surface area (Å²) < 4.78 is 0.988. The molecular weight excluding hydrogens is 351 g/mol. The van der Waals surface area contributed by atoms with Gasteiger partial charge in [-0.1, -0.05) is 35.5 Å². The van der Waals surface area contributed by atoms with Crippen LogP contribution in [-0.2, 0) is 16.1 Å². The van der Waals surface area contributed by atoms with Gasteiger partial charge in [0.25, 0.3) is 0 Å². The van der Waals surface area contributed by atoms with Crippen molar-refractivity contribution in [2.24, 2.45) is 0 Å². The molecule has 2 aliphatic rings. The standard InChI is InChI=1S/C16H16N4O3S.Na/c1-16(14(15(22)23)20-12(21)7-13(20)24-16)9-19-11(8-17-18-19)10-5-3-2-4-6-10;/h2-6,8,13-14H,7,9H2,1H3,(H,22,23);/q;+1/p-1/t13-,14+,16+;/m1./s1. The topological polar surface area (TPSA) is 91.2 Å². The van der Waals surface area contributed by atoms with Crippen molar-refractivity contribution in [2.45, 2.75) is 36.1 Å². The van der Waals surface area contributed by atoms with Crippen molar-refractivity contribution in [2.75, 3.05) is 0 Å². The summed E-state index contributed by atoms with van der Waals surface area (Å²) >= 11 is 1.50. The number of β-lactam (4-membered cyclic amide) rings is 1. The van der Waals surface area contributed by atoms with Crippen LogP contribution in [-0.4, -0.2) is 47.9 Å². The number of amides is 1. The molecule has 1 aromatic carbocycles. The number of aliphatic carboxylic acids is 1. The molecular formula is C16H15N4NaO3S. The minimum absolute atomic E-state index is 0. The van der Waals surface area contributed by atoms with Crippen molar-refractivity contribution < 1.29 is 44.3 Å². The SMILES string of the molecule is C[C@@]1(Cn2nncc2-c2ccccc2)S[C@@H]2CC(=O)N2[C@H]1C(=O)[O-].[Na+]. The van der Waals surface area contributed by atoms with Crippen LogP contribution in [0.5, 0.6) is 0 Å². The van der Waals surface area contributed by atoms with E-state index in [2.05, 4.69) is 10.3 Å². The van der Waals surface area contributed by atoms with Crippen molar-refractivity contribution in [3.63, 3.8) is 0 Å². The van der Waals surface area contributed by atoms with Gasteiger partial charge in [-0.3, -0.25) is 4.79 Å². The third-order valence-corrected chi connectivity index (χ3v) is 6.14. The second-order valence-electron chi connectivity index (χ2n) is 6.25. The molecule has 2 saturated heterocycles. The Bertz CT molecular complexity index is 815. The maximum absolute atomic E-state index is 11.8. The van der Waals surface area contributed by atoms with E-state index in [4.69, 9.17) is 0 Å². The van der Waals surface area contributed by atoms with Crippen molar-refractivity contribution in [1.82, 2.24) is 19.9 Å². The summed E-state index contributed by atoms with van der Waals surface area (Å²) in [5.41, 5.74) is 1.77. The first-order chi connectivity index (χ1) is 11.5. The van der Waals surface area contributed by atoms with Crippen molar-refractivity contribution >= 4 is 23.6 Å². The number of carboxylic acids is 1. The van der Waals surface area contributed by atoms with Gasteiger partial charge in [-0.2, -0.15) is 0 Å². The molecule has 3 atom stereocenters. The van der Waals surface area contributed by atoms with Gasteiger partial charge in [0.1, 0.15) is 0 Å². The van der Waals surface area contributed by atoms with E-state index in [1.54, 1.807) is 10.9 Å². The van der Waals surface area contributed by atoms with Gasteiger partial charge in [0, 0.05) is 5.56 Å². The maximum atomic E-state index is 11.8. The maximum Gasteiger partial charge on any atom is 1.00 e. The molecule has 0 bridgehead atoms. The largest absolute Gasteiger partial charge is 1.00 e. The van der Waals surface area contributed by atoms with Gasteiger partial charge in [-0.15, -0.1) is 16.9 Å². The van der Waals surface area contributed by atoms with Crippen LogP contribution in [0, 0.1) is 0 Å². The summed E-state index contributed by atoms with van der Waals surface area (Å²) in [6, 6.07) is 8.72. The molecule has 0 unspecified atom stereocenters. The third kappa shape index (κ3) is 3.01. The Morgan fingerprint density at radius 2 is 2.12 bits per heavy atom. The fourth-order valence-corrected chi connectivity index (χ4v) is 5.21. The molecule has 3 heterocycles. The van der Waals surface area contributed by atoms with Crippen LogP contribution in [0.3, 0.4) is 0 Å². The Kier molecular flexibility index (Phi) is 4.98. The molecule has 9 heteroatoms. The molecule has 2 fully saturated rings. The van der Waals surface area contributed by atoms with Gasteiger partial charge >= 0.3 is 29.6 Å². The third-order valence-electron chi connectivity index (χ3n) is 4.58. The molecule has 2 aromatic rings. The summed E-state index contributed by atoms with van der Waals surface area (Å²) in [4.78, 5) is 24.9. The Balaban J connectivity index is 0.00000182. The Hall–Kier alpha value is -1.35. The summed E-state index contributed by atoms with van der Waals surface area (Å²) in [6.45, 7) is 2.18. The van der Waals surface area contributed by atoms with E-state index in [1.807, 2.05) is 37.3 Å². The van der Waals surface area contributed by atoms with Gasteiger partial charge in [0.15, 0.2) is 0 Å². The van der Waals surface area contributed by atoms with E-state index >= 15 is 0 Å². The monoisotopic (exact) mass is 366 g/mol. The van der Waals surface area contributed by atoms with Gasteiger partial charge < -0.3 is 14.8 Å². The van der Waals surface area contributed by atoms with Gasteiger partial charge in [-0.05, 0) is 6.92 Å². The van der Waals surface area contributed by atoms with Gasteiger partial charge in [0.05, 0.1) is 47.0 Å². The predicted octanol–water partition coefficient (Wildman–Crippen LogP) is -2.87. The minimum Gasteiger partial charge on any atom is -0.548 e. The number of carbonyl (C=O) groups is 2. The number of aromatic nitrogens is 3. The molecule has 0 aliphatic carbocycles. The molecule has 0 radical (unpaired) electrons. The molecule has 7 nitrogen and oxygen atoms in total. The molecule has 4 rings (SSSR count). The Morgan fingerprint density at radius 3 is 2.76 bits per heavy atom. The van der Waals surface area contributed by atoms with Crippen molar-refractivity contribution in [3.8, 4) is 11.3 Å². The van der Waals surface area contributed by atoms with E-state index in [1.165, 1.54) is 16.7 Å². The first-order valence-corrected chi connectivity index (χ1v) is 8.51. The molecule has 124 valence electrons. The van der Waals surface area contributed by atoms with Crippen LogP contribution in [0.25, 0.3) is 11.3 Å². The Labute approximate surface area is 171 Å². The van der Waals surface area contributed by atoms with Gasteiger partial charge in [0.2, 0.25) is 5.91 Å². The van der Waals surface area contributed by atoms with Gasteiger partial charge in [-0.25, -0.2) is 4.68 Å². The van der Waals surface area contributed by atoms with Crippen LogP contribution >= 0.6 is 11.8 Å². The van der Waals surface area contributed by atoms with Crippen LogP contribution < -0.4 is 34.7 Å². The predicted molar refractivity (Wildman–Crippen MR) is 85.5 cm³/mol. The van der Waals surface area contributed by atoms with Crippen LogP contribution in [0.4, 0.5) is 0 Å². The van der Waals surface area contributed by atoms with Crippen molar-refractivity contribution in [3.05, 3.63) is 36.5 Å². The van der Waals surface area contributed by atoms with Crippen molar-refractivity contribution in [1.29, 1.82) is 0 Å². The molecule has 2 aliphatic heterocycles. The number of nitrogens with zero attached hydrogens (tertiary/aromatic N) is 4. The number of fused-ring (bicyclic) bond motifs is 1. The van der Waals surface area contributed by atoms with Crippen LogP contribution in [0.1, 0.15) is 13.3 Å². The summed E-state index contributed by atoms with van der Waals surface area (Å²) in [6.07, 6.45) is 2.04. The molecule has 0 saturated carbocycles. The average Bonchev–Trinajstić information content (AvgIpc) is 3.08. The fourth-order valence-electron chi connectivity index (χ4n) is 3.47. The number of carboxylic acid groups (broad SMARTS) is 1. The molecule has 1 amide bonds. The first-order valence-electron chi connectivity index (χ1n) is 7.63. The Morgan fingerprint density at radius 1 is 1.40 bits per heavy atom. The zero-order chi connectivity index (χ0) is 16.9. The van der Waals surface area contributed by atoms with Crippen LogP contribution in [0.15, 0.2) is 36.5 Å². The summed E-state index contributed by atoms with van der Waals surface area (Å²) in [5.74, 6) is -1.35. The second-order valence-corrected chi connectivity index (χ2v) is 7.97. The molecule has 0 N–H and O–H groups in total. The van der Waals surface area contributed by atoms with E-state index in [9.17, 15) is 14.7 Å². The zero-order valence-corrected chi connectivity index (χ0v) is 16.8. The van der Waals surface area contributed by atoms with E-state index in [0.29, 0.717) is 13.0 Å². The molecule has 0 spiro atoms. The second kappa shape index (κ2) is 6.75. The number of benzene rings is 1. The molecule has 25 heavy (non-hydrogen) atoms. The van der Waals surface area contributed by atoms with E-state index < -0.39 is 16.8 Å². The number of thioether (sulfide) groups is 1. The smallest absolute Gasteiger partial charge is 0.548 e. The number of rotatable bonds is 4. The number of hydrogen-bond donors (Lipinski definition) is 0. The number of carbonyl (C=O) groups excluding carboxylic acids is 2. The summed E-state index contributed by atoms with van der Waals surface area (Å²) in [5, 5.41) is 19.7. The zero-order valence-electron chi connectivity index (χ0n) is 14.0. The number of hydrogen-bond acceptors (Lipinski definition) is 6. The first kappa shape index (κ1) is 18.4. The van der Waals surface area contributed by atoms with E-state index in [-0.39, 0.29) is 40.8 Å². The average molecular weight is 366 g/mol. The quantitative estimate of drug-likeness (QED) is 0.427. The van der Waals surface area contributed by atoms with Crippen LogP contribution in [0.2, 0.25) is 0 Å². The normalized spacial score (nSPS) is 27.4. The summed E-state index contributed by atoms with van der Waals surface area (Å²) in [7, 11) is 0. The fraction of sp³-hybridized carbons (Fsp3) is 0.375.